The third kappa shape index (κ3) is 4.01. The molecule has 0 aliphatic heterocycles. The summed E-state index contributed by atoms with van der Waals surface area (Å²) in [4.78, 5) is 16.5. The van der Waals surface area contributed by atoms with Crippen molar-refractivity contribution in [2.45, 2.75) is 5.41 Å². The monoisotopic (exact) mass is 741 g/mol. The van der Waals surface area contributed by atoms with E-state index < -0.39 is 5.41 Å². The molecule has 2 aliphatic carbocycles. The number of hydrogen-bond acceptors (Lipinski definition) is 3. The Balaban J connectivity index is 1.09. The molecule has 0 amide bonds. The first kappa shape index (κ1) is 31.2. The highest BCUT2D eigenvalue weighted by Crippen LogP contribution is 2.64. The van der Waals surface area contributed by atoms with Crippen LogP contribution in [0.15, 0.2) is 193 Å². The SMILES string of the molecule is O=c1c2ccccc2sc2cc3c(cc12)-c1ccccc1C31c2ccccc2-c2cc(N(c3ccccc3)c3ccc4ccc5cccc6ccc3c4c56)ccc21. The molecule has 1 spiro atoms. The third-order valence-corrected chi connectivity index (χ3v) is 13.9. The van der Waals surface area contributed by atoms with Gasteiger partial charge in [0, 0.05) is 36.9 Å². The van der Waals surface area contributed by atoms with E-state index in [0.717, 1.165) is 42.8 Å². The molecule has 1 unspecified atom stereocenters. The summed E-state index contributed by atoms with van der Waals surface area (Å²) in [6.07, 6.45) is 0. The van der Waals surface area contributed by atoms with Crippen molar-refractivity contribution >= 4 is 80.9 Å². The van der Waals surface area contributed by atoms with Gasteiger partial charge >= 0.3 is 0 Å². The van der Waals surface area contributed by atoms with E-state index in [-0.39, 0.29) is 5.43 Å². The van der Waals surface area contributed by atoms with E-state index >= 15 is 0 Å². The van der Waals surface area contributed by atoms with Crippen molar-refractivity contribution < 1.29 is 0 Å². The molecule has 1 atom stereocenters. The number of benzene rings is 10. The van der Waals surface area contributed by atoms with Crippen LogP contribution < -0.4 is 10.3 Å². The maximum absolute atomic E-state index is 14.0. The van der Waals surface area contributed by atoms with Crippen molar-refractivity contribution in [3.63, 3.8) is 0 Å². The van der Waals surface area contributed by atoms with Crippen LogP contribution in [0.3, 0.4) is 0 Å². The molecule has 0 saturated carbocycles. The topological polar surface area (TPSA) is 20.3 Å². The molecule has 10 aromatic carbocycles. The quantitative estimate of drug-likeness (QED) is 0.133. The van der Waals surface area contributed by atoms with Gasteiger partial charge in [0.15, 0.2) is 5.43 Å². The van der Waals surface area contributed by atoms with Crippen LogP contribution in [-0.2, 0) is 5.41 Å². The van der Waals surface area contributed by atoms with Gasteiger partial charge in [0.2, 0.25) is 0 Å². The normalized spacial score (nSPS) is 15.2. The Labute approximate surface area is 332 Å². The molecule has 0 N–H and O–H groups in total. The van der Waals surface area contributed by atoms with Gasteiger partial charge in [0.25, 0.3) is 0 Å². The number of rotatable bonds is 3. The summed E-state index contributed by atoms with van der Waals surface area (Å²) in [7, 11) is 0. The maximum atomic E-state index is 14.0. The smallest absolute Gasteiger partial charge is 0.195 e. The van der Waals surface area contributed by atoms with Crippen molar-refractivity contribution in [2.75, 3.05) is 4.90 Å². The molecule has 0 bridgehead atoms. The molecule has 0 saturated heterocycles. The Hall–Kier alpha value is -7.07. The lowest BCUT2D eigenvalue weighted by atomic mass is 9.70. The Bertz CT molecular complexity index is 3550. The summed E-state index contributed by atoms with van der Waals surface area (Å²) < 4.78 is 2.04. The minimum atomic E-state index is -0.531. The first-order valence-corrected chi connectivity index (χ1v) is 20.4. The number of nitrogens with zero attached hydrogens (tertiary/aromatic N) is 1. The van der Waals surface area contributed by atoms with Crippen molar-refractivity contribution in [1.29, 1.82) is 0 Å². The molecule has 57 heavy (non-hydrogen) atoms. The lowest BCUT2D eigenvalue weighted by molar-refractivity contribution is 0.795. The van der Waals surface area contributed by atoms with Gasteiger partial charge in [-0.15, -0.1) is 11.3 Å². The van der Waals surface area contributed by atoms with E-state index in [0.29, 0.717) is 0 Å². The number of fused-ring (bicyclic) bond motifs is 12. The Morgan fingerprint density at radius 2 is 1.02 bits per heavy atom. The van der Waals surface area contributed by atoms with Crippen molar-refractivity contribution in [3.05, 3.63) is 221 Å². The lowest BCUT2D eigenvalue weighted by Crippen LogP contribution is -2.26. The minimum Gasteiger partial charge on any atom is -0.310 e. The highest BCUT2D eigenvalue weighted by atomic mass is 32.1. The summed E-state index contributed by atoms with van der Waals surface area (Å²) in [5.74, 6) is 0. The van der Waals surface area contributed by atoms with Gasteiger partial charge < -0.3 is 4.90 Å². The molecule has 3 heteroatoms. The van der Waals surface area contributed by atoms with E-state index in [4.69, 9.17) is 0 Å². The molecule has 264 valence electrons. The fraction of sp³-hybridized carbons (Fsp3) is 0.0185. The van der Waals surface area contributed by atoms with Crippen LogP contribution in [0.5, 0.6) is 0 Å². The molecule has 0 radical (unpaired) electrons. The van der Waals surface area contributed by atoms with Gasteiger partial charge in [0.05, 0.1) is 11.1 Å². The van der Waals surface area contributed by atoms with E-state index in [1.807, 2.05) is 18.2 Å². The Kier molecular flexibility index (Phi) is 6.16. The average molecular weight is 742 g/mol. The number of anilines is 3. The van der Waals surface area contributed by atoms with Crippen LogP contribution in [0.25, 0.3) is 74.7 Å². The minimum absolute atomic E-state index is 0.102. The van der Waals surface area contributed by atoms with Gasteiger partial charge in [-0.05, 0) is 126 Å². The van der Waals surface area contributed by atoms with E-state index in [1.165, 1.54) is 71.3 Å². The summed E-state index contributed by atoms with van der Waals surface area (Å²) in [5.41, 5.74) is 12.8. The predicted octanol–water partition coefficient (Wildman–Crippen LogP) is 14.1. The van der Waals surface area contributed by atoms with Crippen LogP contribution in [0.4, 0.5) is 17.1 Å². The van der Waals surface area contributed by atoms with Crippen LogP contribution in [0, 0.1) is 0 Å². The molecule has 2 aliphatic rings. The van der Waals surface area contributed by atoms with Gasteiger partial charge in [-0.1, -0.05) is 133 Å². The van der Waals surface area contributed by atoms with E-state index in [9.17, 15) is 4.79 Å². The summed E-state index contributed by atoms with van der Waals surface area (Å²) >= 11 is 1.71. The number of para-hydroxylation sites is 1. The summed E-state index contributed by atoms with van der Waals surface area (Å²) in [5, 5.41) is 9.20. The molecule has 2 nitrogen and oxygen atoms in total. The van der Waals surface area contributed by atoms with Gasteiger partial charge in [-0.3, -0.25) is 4.79 Å². The standard InChI is InChI=1S/C54H31NOS/c56-53-40-17-6-9-20-49(40)57-50-31-47-42(30-43(50)53)38-16-5-8-19-45(38)54(47)44-18-7-4-15-37(44)41-29-36(25-27-46(41)54)55(35-13-2-1-3-14-35)48-28-24-34-22-21-32-11-10-12-33-23-26-39(48)52(34)51(32)33/h1-31H. The third-order valence-electron chi connectivity index (χ3n) is 12.8. The molecule has 1 aromatic heterocycles. The van der Waals surface area contributed by atoms with E-state index in [1.54, 1.807) is 11.3 Å². The lowest BCUT2D eigenvalue weighted by Gasteiger charge is -2.31. The molecule has 13 rings (SSSR count). The fourth-order valence-corrected chi connectivity index (χ4v) is 11.6. The highest BCUT2D eigenvalue weighted by Gasteiger charge is 2.52. The van der Waals surface area contributed by atoms with Crippen LogP contribution in [-0.4, -0.2) is 0 Å². The summed E-state index contributed by atoms with van der Waals surface area (Å²) in [6.45, 7) is 0. The first-order valence-electron chi connectivity index (χ1n) is 19.5. The second-order valence-electron chi connectivity index (χ2n) is 15.5. The molecular weight excluding hydrogens is 711 g/mol. The van der Waals surface area contributed by atoms with Crippen LogP contribution >= 0.6 is 11.3 Å². The second kappa shape index (κ2) is 11.3. The first-order chi connectivity index (χ1) is 28.2. The maximum Gasteiger partial charge on any atom is 0.195 e. The largest absolute Gasteiger partial charge is 0.310 e. The van der Waals surface area contributed by atoms with E-state index in [2.05, 4.69) is 175 Å². The van der Waals surface area contributed by atoms with Gasteiger partial charge in [-0.2, -0.15) is 0 Å². The fourth-order valence-electron chi connectivity index (χ4n) is 10.5. The Morgan fingerprint density at radius 3 is 1.81 bits per heavy atom. The zero-order chi connectivity index (χ0) is 37.4. The van der Waals surface area contributed by atoms with Crippen molar-refractivity contribution in [2.24, 2.45) is 0 Å². The average Bonchev–Trinajstić information content (AvgIpc) is 3.72. The van der Waals surface area contributed by atoms with Gasteiger partial charge in [-0.25, -0.2) is 0 Å². The number of hydrogen-bond donors (Lipinski definition) is 0. The predicted molar refractivity (Wildman–Crippen MR) is 240 cm³/mol. The summed E-state index contributed by atoms with van der Waals surface area (Å²) in [6, 6.07) is 68.5. The molecule has 1 heterocycles. The molecule has 0 fully saturated rings. The second-order valence-corrected chi connectivity index (χ2v) is 16.6. The van der Waals surface area contributed by atoms with Crippen LogP contribution in [0.2, 0.25) is 0 Å². The van der Waals surface area contributed by atoms with Gasteiger partial charge in [0.1, 0.15) is 0 Å². The zero-order valence-corrected chi connectivity index (χ0v) is 31.5. The van der Waals surface area contributed by atoms with Crippen molar-refractivity contribution in [3.8, 4) is 22.3 Å². The highest BCUT2D eigenvalue weighted by molar-refractivity contribution is 7.24. The van der Waals surface area contributed by atoms with Crippen LogP contribution in [0.1, 0.15) is 22.3 Å². The molecular formula is C54H31NOS. The molecule has 11 aromatic rings. The Morgan fingerprint density at radius 1 is 0.386 bits per heavy atom. The van der Waals surface area contributed by atoms with Crippen molar-refractivity contribution in [1.82, 2.24) is 0 Å². The zero-order valence-electron chi connectivity index (χ0n) is 30.7.